The molecule has 0 aliphatic carbocycles. The van der Waals surface area contributed by atoms with Gasteiger partial charge in [-0.25, -0.2) is 4.98 Å². The van der Waals surface area contributed by atoms with Crippen LogP contribution >= 0.6 is 67.8 Å². The van der Waals surface area contributed by atoms with E-state index in [0.717, 1.165) is 14.6 Å². The molecule has 0 aromatic carbocycles. The predicted molar refractivity (Wildman–Crippen MR) is 75.5 cm³/mol. The molecule has 0 fully saturated rings. The van der Waals surface area contributed by atoms with Crippen molar-refractivity contribution in [1.29, 1.82) is 0 Å². The molecule has 6 heteroatoms. The SMILES string of the molecule is Ic1nc2cnncc2c(I)c1I. The lowest BCUT2D eigenvalue weighted by Crippen LogP contribution is -1.94. The Kier molecular flexibility index (Phi) is 3.18. The molecule has 0 unspecified atom stereocenters. The van der Waals surface area contributed by atoms with Crippen LogP contribution in [0.15, 0.2) is 12.4 Å². The van der Waals surface area contributed by atoms with Gasteiger partial charge in [0.25, 0.3) is 0 Å². The molecule has 0 amide bonds. The summed E-state index contributed by atoms with van der Waals surface area (Å²) < 4.78 is 3.39. The van der Waals surface area contributed by atoms with Gasteiger partial charge in [-0.3, -0.25) is 0 Å². The van der Waals surface area contributed by atoms with Crippen LogP contribution < -0.4 is 0 Å². The van der Waals surface area contributed by atoms with Crippen molar-refractivity contribution >= 4 is 78.7 Å². The summed E-state index contributed by atoms with van der Waals surface area (Å²) in [5.41, 5.74) is 0.907. The van der Waals surface area contributed by atoms with Gasteiger partial charge in [0.1, 0.15) is 3.70 Å². The molecule has 0 spiro atoms. The quantitative estimate of drug-likeness (QED) is 0.406. The lowest BCUT2D eigenvalue weighted by Gasteiger charge is -2.02. The fraction of sp³-hybridized carbons (Fsp3) is 0. The molecule has 0 aliphatic rings. The number of fused-ring (bicyclic) bond motifs is 1. The van der Waals surface area contributed by atoms with E-state index in [4.69, 9.17) is 0 Å². The molecule has 2 aromatic heterocycles. The van der Waals surface area contributed by atoms with Crippen molar-refractivity contribution in [2.45, 2.75) is 0 Å². The van der Waals surface area contributed by atoms with Crippen LogP contribution in [0, 0.1) is 10.8 Å². The normalized spacial score (nSPS) is 10.7. The fourth-order valence-corrected chi connectivity index (χ4v) is 3.06. The van der Waals surface area contributed by atoms with Crippen LogP contribution in [-0.4, -0.2) is 15.2 Å². The van der Waals surface area contributed by atoms with Crippen LogP contribution in [0.4, 0.5) is 0 Å². The van der Waals surface area contributed by atoms with E-state index in [1.54, 1.807) is 12.4 Å². The Balaban J connectivity index is 2.94. The zero-order valence-electron chi connectivity index (χ0n) is 6.13. The summed E-state index contributed by atoms with van der Waals surface area (Å²) in [7, 11) is 0. The minimum atomic E-state index is 0.907. The number of halogens is 3. The number of nitrogens with zero attached hydrogens (tertiary/aromatic N) is 3. The molecule has 0 radical (unpaired) electrons. The van der Waals surface area contributed by atoms with Gasteiger partial charge >= 0.3 is 0 Å². The second-order valence-corrected chi connectivity index (χ2v) is 5.50. The number of rotatable bonds is 0. The van der Waals surface area contributed by atoms with Gasteiger partial charge in [0.2, 0.25) is 0 Å². The zero-order valence-corrected chi connectivity index (χ0v) is 12.6. The third kappa shape index (κ3) is 1.89. The highest BCUT2D eigenvalue weighted by molar-refractivity contribution is 14.1. The van der Waals surface area contributed by atoms with E-state index in [2.05, 4.69) is 83.0 Å². The molecular weight excluding hydrogens is 507 g/mol. The molecule has 66 valence electrons. The highest BCUT2D eigenvalue weighted by atomic mass is 127. The van der Waals surface area contributed by atoms with Crippen molar-refractivity contribution in [1.82, 2.24) is 15.2 Å². The van der Waals surface area contributed by atoms with E-state index in [9.17, 15) is 0 Å². The molecule has 0 atom stereocenters. The van der Waals surface area contributed by atoms with Crippen LogP contribution in [0.1, 0.15) is 0 Å². The zero-order chi connectivity index (χ0) is 9.42. The van der Waals surface area contributed by atoms with Gasteiger partial charge in [-0.05, 0) is 67.8 Å². The van der Waals surface area contributed by atoms with Crippen molar-refractivity contribution in [3.63, 3.8) is 0 Å². The standard InChI is InChI=1S/C7H2I3N3/c8-5-3-1-11-12-2-4(3)13-7(10)6(5)9/h1-2H. The first-order chi connectivity index (χ1) is 6.20. The minimum absolute atomic E-state index is 0.907. The molecular formula is C7H2I3N3. The molecule has 2 heterocycles. The molecule has 0 bridgehead atoms. The van der Waals surface area contributed by atoms with Crippen molar-refractivity contribution in [3.05, 3.63) is 23.2 Å². The third-order valence-corrected chi connectivity index (χ3v) is 6.55. The topological polar surface area (TPSA) is 38.7 Å². The van der Waals surface area contributed by atoms with Crippen LogP contribution in [0.2, 0.25) is 0 Å². The van der Waals surface area contributed by atoms with Crippen LogP contribution in [-0.2, 0) is 0 Å². The van der Waals surface area contributed by atoms with Gasteiger partial charge in [-0.15, -0.1) is 0 Å². The Bertz CT molecular complexity index is 472. The van der Waals surface area contributed by atoms with Gasteiger partial charge in [0, 0.05) is 8.96 Å². The summed E-state index contributed by atoms with van der Waals surface area (Å²) in [6, 6.07) is 0. The molecule has 0 N–H and O–H groups in total. The second-order valence-electron chi connectivity index (χ2n) is 2.32. The first kappa shape index (κ1) is 10.2. The molecule has 3 nitrogen and oxygen atoms in total. The first-order valence-electron chi connectivity index (χ1n) is 3.31. The smallest absolute Gasteiger partial charge is 0.116 e. The second kappa shape index (κ2) is 4.04. The van der Waals surface area contributed by atoms with E-state index in [1.165, 1.54) is 7.14 Å². The van der Waals surface area contributed by atoms with Crippen molar-refractivity contribution < 1.29 is 0 Å². The van der Waals surface area contributed by atoms with E-state index in [1.807, 2.05) is 0 Å². The highest BCUT2D eigenvalue weighted by Gasteiger charge is 2.08. The molecule has 2 aromatic rings. The average molecular weight is 509 g/mol. The Morgan fingerprint density at radius 1 is 0.923 bits per heavy atom. The highest BCUT2D eigenvalue weighted by Crippen LogP contribution is 2.25. The summed E-state index contributed by atoms with van der Waals surface area (Å²) >= 11 is 6.83. The maximum absolute atomic E-state index is 4.41. The van der Waals surface area contributed by atoms with Gasteiger partial charge in [-0.2, -0.15) is 10.2 Å². The van der Waals surface area contributed by atoms with Crippen LogP contribution in [0.5, 0.6) is 0 Å². The fourth-order valence-electron chi connectivity index (χ4n) is 0.937. The van der Waals surface area contributed by atoms with Crippen LogP contribution in [0.3, 0.4) is 0 Å². The van der Waals surface area contributed by atoms with E-state index in [0.29, 0.717) is 0 Å². The van der Waals surface area contributed by atoms with Gasteiger partial charge in [0.15, 0.2) is 0 Å². The Labute approximate surface area is 116 Å². The molecule has 13 heavy (non-hydrogen) atoms. The van der Waals surface area contributed by atoms with E-state index >= 15 is 0 Å². The van der Waals surface area contributed by atoms with Crippen molar-refractivity contribution in [3.8, 4) is 0 Å². The predicted octanol–water partition coefficient (Wildman–Crippen LogP) is 2.84. The summed E-state index contributed by atoms with van der Waals surface area (Å²) in [4.78, 5) is 4.41. The number of hydrogen-bond acceptors (Lipinski definition) is 3. The number of aromatic nitrogens is 3. The molecule has 0 aliphatic heterocycles. The number of pyridine rings is 1. The lowest BCUT2D eigenvalue weighted by molar-refractivity contribution is 1.04. The summed E-state index contributed by atoms with van der Waals surface area (Å²) in [5.74, 6) is 0. The summed E-state index contributed by atoms with van der Waals surface area (Å²) in [5, 5.41) is 8.72. The van der Waals surface area contributed by atoms with Crippen molar-refractivity contribution in [2.24, 2.45) is 0 Å². The number of hydrogen-bond donors (Lipinski definition) is 0. The largest absolute Gasteiger partial charge is 0.239 e. The summed E-state index contributed by atoms with van der Waals surface area (Å²) in [6.45, 7) is 0. The minimum Gasteiger partial charge on any atom is -0.239 e. The molecule has 2 rings (SSSR count). The maximum atomic E-state index is 4.41. The van der Waals surface area contributed by atoms with E-state index in [-0.39, 0.29) is 0 Å². The maximum Gasteiger partial charge on any atom is 0.116 e. The molecule has 0 saturated heterocycles. The van der Waals surface area contributed by atoms with Gasteiger partial charge in [-0.1, -0.05) is 0 Å². The first-order valence-corrected chi connectivity index (χ1v) is 6.54. The Hall–Kier alpha value is 0.680. The van der Waals surface area contributed by atoms with Gasteiger partial charge < -0.3 is 0 Å². The van der Waals surface area contributed by atoms with Crippen LogP contribution in [0.25, 0.3) is 10.9 Å². The lowest BCUT2D eigenvalue weighted by atomic mass is 10.3. The van der Waals surface area contributed by atoms with Crippen molar-refractivity contribution in [2.75, 3.05) is 0 Å². The molecule has 0 saturated carbocycles. The summed E-state index contributed by atoms with van der Waals surface area (Å²) in [6.07, 6.45) is 3.44. The monoisotopic (exact) mass is 509 g/mol. The van der Waals surface area contributed by atoms with E-state index < -0.39 is 0 Å². The van der Waals surface area contributed by atoms with Gasteiger partial charge in [0.05, 0.1) is 21.5 Å². The average Bonchev–Trinajstić information content (AvgIpc) is 2.15. The Morgan fingerprint density at radius 2 is 1.62 bits per heavy atom. The Morgan fingerprint density at radius 3 is 2.38 bits per heavy atom. The third-order valence-electron chi connectivity index (χ3n) is 1.54.